The van der Waals surface area contributed by atoms with E-state index in [9.17, 15) is 4.39 Å². The topological polar surface area (TPSA) is 47.6 Å². The lowest BCUT2D eigenvalue weighted by molar-refractivity contribution is 0.641. The van der Waals surface area contributed by atoms with E-state index in [0.29, 0.717) is 10.3 Å². The molecule has 0 radical (unpaired) electrons. The lowest BCUT2D eigenvalue weighted by Crippen LogP contribution is -1.80. The molecule has 0 bridgehead atoms. The largest absolute Gasteiger partial charge is 0.205 e. The summed E-state index contributed by atoms with van der Waals surface area (Å²) in [4.78, 5) is 0. The highest BCUT2D eigenvalue weighted by molar-refractivity contribution is 7.17. The minimum absolute atomic E-state index is 0.0131. The van der Waals surface area contributed by atoms with Crippen molar-refractivity contribution in [2.24, 2.45) is 0 Å². The van der Waals surface area contributed by atoms with Crippen LogP contribution >= 0.6 is 11.3 Å². The average Bonchev–Trinajstić information content (AvgIpc) is 2.78. The Bertz CT molecular complexity index is 640. The van der Waals surface area contributed by atoms with Crippen LogP contribution in [0.25, 0.3) is 16.2 Å². The van der Waals surface area contributed by atoms with Gasteiger partial charge in [-0.15, -0.1) is 11.3 Å². The zero-order valence-electron chi connectivity index (χ0n) is 8.07. The second-order valence-electron chi connectivity index (χ2n) is 3.08. The number of nitriles is 2. The number of halogens is 1. The Morgan fingerprint density at radius 2 is 2.00 bits per heavy atom. The van der Waals surface area contributed by atoms with Crippen LogP contribution in [0.3, 0.4) is 0 Å². The fourth-order valence-corrected chi connectivity index (χ4v) is 2.25. The molecule has 0 N–H and O–H groups in total. The monoisotopic (exact) mass is 228 g/mol. The third-order valence-corrected chi connectivity index (χ3v) is 3.07. The molecule has 0 unspecified atom stereocenters. The van der Waals surface area contributed by atoms with E-state index in [4.69, 9.17) is 10.5 Å². The first-order chi connectivity index (χ1) is 7.76. The van der Waals surface area contributed by atoms with Crippen molar-refractivity contribution in [3.63, 3.8) is 0 Å². The SMILES string of the molecule is N#CC(C#N)=Cc1ccc(F)c2sccc12. The fraction of sp³-hybridized carbons (Fsp3) is 0. The standard InChI is InChI=1S/C12H5FN2S/c13-11-2-1-9(5-8(6-14)7-15)10-3-4-16-12(10)11/h1-5H. The molecule has 2 nitrogen and oxygen atoms in total. The first-order valence-corrected chi connectivity index (χ1v) is 5.32. The van der Waals surface area contributed by atoms with Gasteiger partial charge in [-0.25, -0.2) is 4.39 Å². The summed E-state index contributed by atoms with van der Waals surface area (Å²) >= 11 is 1.30. The minimum atomic E-state index is -0.280. The van der Waals surface area contributed by atoms with E-state index in [1.54, 1.807) is 29.7 Å². The number of hydrogen-bond acceptors (Lipinski definition) is 3. The zero-order valence-corrected chi connectivity index (χ0v) is 8.88. The van der Waals surface area contributed by atoms with Gasteiger partial charge in [-0.3, -0.25) is 0 Å². The molecule has 0 aliphatic heterocycles. The molecule has 1 aromatic carbocycles. The van der Waals surface area contributed by atoms with Gasteiger partial charge in [0.05, 0.1) is 4.70 Å². The summed E-state index contributed by atoms with van der Waals surface area (Å²) in [5.74, 6) is -0.280. The molecule has 76 valence electrons. The van der Waals surface area contributed by atoms with Crippen molar-refractivity contribution in [3.8, 4) is 12.1 Å². The molecule has 0 fully saturated rings. The molecule has 2 aromatic rings. The van der Waals surface area contributed by atoms with Crippen molar-refractivity contribution in [3.05, 3.63) is 40.5 Å². The van der Waals surface area contributed by atoms with Crippen LogP contribution in [0.15, 0.2) is 29.2 Å². The van der Waals surface area contributed by atoms with E-state index in [1.165, 1.54) is 23.5 Å². The van der Waals surface area contributed by atoms with Gasteiger partial charge >= 0.3 is 0 Å². The van der Waals surface area contributed by atoms with Gasteiger partial charge < -0.3 is 0 Å². The number of benzene rings is 1. The van der Waals surface area contributed by atoms with E-state index in [0.717, 1.165) is 5.39 Å². The van der Waals surface area contributed by atoms with Crippen molar-refractivity contribution in [2.75, 3.05) is 0 Å². The van der Waals surface area contributed by atoms with Crippen LogP contribution in [-0.2, 0) is 0 Å². The van der Waals surface area contributed by atoms with Crippen LogP contribution in [-0.4, -0.2) is 0 Å². The maximum absolute atomic E-state index is 13.4. The Morgan fingerprint density at radius 3 is 2.69 bits per heavy atom. The van der Waals surface area contributed by atoms with E-state index in [-0.39, 0.29) is 11.4 Å². The number of fused-ring (bicyclic) bond motifs is 1. The highest BCUT2D eigenvalue weighted by Gasteiger charge is 2.06. The molecule has 4 heteroatoms. The molecule has 1 heterocycles. The van der Waals surface area contributed by atoms with Gasteiger partial charge in [0.15, 0.2) is 0 Å². The Kier molecular flexibility index (Phi) is 2.68. The summed E-state index contributed by atoms with van der Waals surface area (Å²) in [6.45, 7) is 0. The first kappa shape index (κ1) is 10.4. The van der Waals surface area contributed by atoms with Crippen LogP contribution in [0.2, 0.25) is 0 Å². The average molecular weight is 228 g/mol. The summed E-state index contributed by atoms with van der Waals surface area (Å²) in [7, 11) is 0. The van der Waals surface area contributed by atoms with E-state index in [1.807, 2.05) is 0 Å². The van der Waals surface area contributed by atoms with Crippen molar-refractivity contribution in [1.29, 1.82) is 10.5 Å². The number of hydrogen-bond donors (Lipinski definition) is 0. The summed E-state index contributed by atoms with van der Waals surface area (Å²) in [6, 6.07) is 8.25. The van der Waals surface area contributed by atoms with Crippen LogP contribution < -0.4 is 0 Å². The Labute approximate surface area is 95.5 Å². The molecule has 0 atom stereocenters. The van der Waals surface area contributed by atoms with Gasteiger partial charge in [0.2, 0.25) is 0 Å². The van der Waals surface area contributed by atoms with Crippen molar-refractivity contribution >= 4 is 27.5 Å². The van der Waals surface area contributed by atoms with E-state index in [2.05, 4.69) is 0 Å². The van der Waals surface area contributed by atoms with Gasteiger partial charge in [-0.2, -0.15) is 10.5 Å². The van der Waals surface area contributed by atoms with Crippen LogP contribution in [0.4, 0.5) is 4.39 Å². The highest BCUT2D eigenvalue weighted by Crippen LogP contribution is 2.28. The van der Waals surface area contributed by atoms with Gasteiger partial charge in [0.25, 0.3) is 0 Å². The molecule has 0 spiro atoms. The predicted octanol–water partition coefficient (Wildman–Crippen LogP) is 3.47. The maximum Gasteiger partial charge on any atom is 0.141 e. The highest BCUT2D eigenvalue weighted by atomic mass is 32.1. The van der Waals surface area contributed by atoms with Crippen molar-refractivity contribution in [1.82, 2.24) is 0 Å². The lowest BCUT2D eigenvalue weighted by atomic mass is 10.1. The smallest absolute Gasteiger partial charge is 0.141 e. The van der Waals surface area contributed by atoms with Crippen molar-refractivity contribution < 1.29 is 4.39 Å². The summed E-state index contributed by atoms with van der Waals surface area (Å²) in [5.41, 5.74) is 0.704. The summed E-state index contributed by atoms with van der Waals surface area (Å²) < 4.78 is 13.9. The maximum atomic E-state index is 13.4. The molecule has 0 aliphatic carbocycles. The van der Waals surface area contributed by atoms with Gasteiger partial charge in [-0.05, 0) is 29.2 Å². The lowest BCUT2D eigenvalue weighted by Gasteiger charge is -1.97. The third kappa shape index (κ3) is 1.67. The first-order valence-electron chi connectivity index (χ1n) is 4.44. The third-order valence-electron chi connectivity index (χ3n) is 2.14. The zero-order chi connectivity index (χ0) is 11.5. The Morgan fingerprint density at radius 1 is 1.25 bits per heavy atom. The second kappa shape index (κ2) is 4.14. The molecule has 0 amide bonds. The van der Waals surface area contributed by atoms with Crippen molar-refractivity contribution in [2.45, 2.75) is 0 Å². The molecule has 0 saturated carbocycles. The minimum Gasteiger partial charge on any atom is -0.205 e. The Balaban J connectivity index is 2.69. The van der Waals surface area contributed by atoms with Gasteiger partial charge in [-0.1, -0.05) is 6.07 Å². The molecular formula is C12H5FN2S. The number of allylic oxidation sites excluding steroid dienone is 1. The molecule has 16 heavy (non-hydrogen) atoms. The van der Waals surface area contributed by atoms with E-state index >= 15 is 0 Å². The summed E-state index contributed by atoms with van der Waals surface area (Å²) in [6.07, 6.45) is 1.47. The van der Waals surface area contributed by atoms with Crippen LogP contribution in [0.5, 0.6) is 0 Å². The number of nitrogens with zero attached hydrogens (tertiary/aromatic N) is 2. The molecule has 0 aliphatic rings. The predicted molar refractivity (Wildman–Crippen MR) is 61.0 cm³/mol. The quantitative estimate of drug-likeness (QED) is 0.701. The Hall–Kier alpha value is -2.17. The van der Waals surface area contributed by atoms with Crippen LogP contribution in [0.1, 0.15) is 5.56 Å². The molecule has 0 saturated heterocycles. The number of thiophene rings is 1. The molecular weight excluding hydrogens is 223 g/mol. The normalized spacial score (nSPS) is 9.44. The molecule has 2 rings (SSSR count). The van der Waals surface area contributed by atoms with Gasteiger partial charge in [0.1, 0.15) is 23.5 Å². The molecule has 1 aromatic heterocycles. The van der Waals surface area contributed by atoms with Crippen LogP contribution in [0, 0.1) is 28.5 Å². The summed E-state index contributed by atoms with van der Waals surface area (Å²) in [5, 5.41) is 19.8. The second-order valence-corrected chi connectivity index (χ2v) is 4.00. The van der Waals surface area contributed by atoms with Gasteiger partial charge in [0, 0.05) is 5.39 Å². The number of rotatable bonds is 1. The van der Waals surface area contributed by atoms with E-state index < -0.39 is 0 Å². The fourth-order valence-electron chi connectivity index (χ4n) is 1.42.